The van der Waals surface area contributed by atoms with Crippen molar-refractivity contribution in [1.82, 2.24) is 9.97 Å². The van der Waals surface area contributed by atoms with Crippen molar-refractivity contribution in [2.24, 2.45) is 5.73 Å². The first-order valence-corrected chi connectivity index (χ1v) is 6.51. The van der Waals surface area contributed by atoms with Gasteiger partial charge in [-0.1, -0.05) is 30.4 Å². The number of nitrogens with zero attached hydrogens (tertiary/aromatic N) is 2. The topological polar surface area (TPSA) is 63.8 Å². The lowest BCUT2D eigenvalue weighted by Gasteiger charge is -2.09. The zero-order valence-corrected chi connectivity index (χ0v) is 11.4. The molecule has 5 heteroatoms. The predicted octanol–water partition coefficient (Wildman–Crippen LogP) is 3.01. The fourth-order valence-electron chi connectivity index (χ4n) is 2.00. The van der Waals surface area contributed by atoms with E-state index in [2.05, 4.69) is 15.3 Å². The number of hydrogen-bond donors (Lipinski definition) is 2. The standard InChI is InChI=1S/C15H12N4S/c16-15(20)11-6-8-17-13(9-11)19-12-5-1-3-10-4-2-7-18-14(10)12/h1-9H,(H2,16,20)(H,17,19). The molecule has 0 aliphatic carbocycles. The van der Waals surface area contributed by atoms with Crippen LogP contribution in [0.5, 0.6) is 0 Å². The summed E-state index contributed by atoms with van der Waals surface area (Å²) in [6.45, 7) is 0. The molecule has 0 unspecified atom stereocenters. The second kappa shape index (κ2) is 5.22. The van der Waals surface area contributed by atoms with E-state index in [1.54, 1.807) is 18.5 Å². The van der Waals surface area contributed by atoms with Crippen LogP contribution in [0, 0.1) is 0 Å². The van der Waals surface area contributed by atoms with Crippen LogP contribution in [-0.2, 0) is 0 Å². The van der Waals surface area contributed by atoms with E-state index < -0.39 is 0 Å². The smallest absolute Gasteiger partial charge is 0.131 e. The molecule has 2 heterocycles. The fourth-order valence-corrected chi connectivity index (χ4v) is 2.12. The van der Waals surface area contributed by atoms with Crippen LogP contribution in [0.3, 0.4) is 0 Å². The van der Waals surface area contributed by atoms with Crippen molar-refractivity contribution >= 4 is 39.6 Å². The van der Waals surface area contributed by atoms with Crippen LogP contribution >= 0.6 is 12.2 Å². The first kappa shape index (κ1) is 12.5. The van der Waals surface area contributed by atoms with Crippen LogP contribution in [0.25, 0.3) is 10.9 Å². The summed E-state index contributed by atoms with van der Waals surface area (Å²) >= 11 is 4.97. The second-order valence-corrected chi connectivity index (χ2v) is 4.74. The van der Waals surface area contributed by atoms with E-state index in [0.29, 0.717) is 10.8 Å². The number of thiocarbonyl (C=S) groups is 1. The van der Waals surface area contributed by atoms with Crippen molar-refractivity contribution in [3.63, 3.8) is 0 Å². The van der Waals surface area contributed by atoms with Crippen LogP contribution in [-0.4, -0.2) is 15.0 Å². The van der Waals surface area contributed by atoms with E-state index in [1.165, 1.54) is 0 Å². The van der Waals surface area contributed by atoms with Crippen molar-refractivity contribution in [2.75, 3.05) is 5.32 Å². The average molecular weight is 280 g/mol. The highest BCUT2D eigenvalue weighted by molar-refractivity contribution is 7.80. The summed E-state index contributed by atoms with van der Waals surface area (Å²) < 4.78 is 0. The molecule has 0 atom stereocenters. The number of anilines is 2. The average Bonchev–Trinajstić information content (AvgIpc) is 2.48. The number of pyridine rings is 2. The summed E-state index contributed by atoms with van der Waals surface area (Å²) in [5, 5.41) is 4.33. The number of benzene rings is 1. The Bertz CT molecular complexity index is 780. The Morgan fingerprint density at radius 2 is 1.90 bits per heavy atom. The number of nitrogens with one attached hydrogen (secondary N) is 1. The Morgan fingerprint density at radius 3 is 2.75 bits per heavy atom. The van der Waals surface area contributed by atoms with Gasteiger partial charge in [-0.2, -0.15) is 0 Å². The first-order chi connectivity index (χ1) is 9.74. The van der Waals surface area contributed by atoms with Crippen molar-refractivity contribution in [1.29, 1.82) is 0 Å². The van der Waals surface area contributed by atoms with Crippen molar-refractivity contribution in [3.05, 3.63) is 60.4 Å². The van der Waals surface area contributed by atoms with Gasteiger partial charge < -0.3 is 11.1 Å². The molecule has 2 aromatic heterocycles. The molecule has 0 saturated carbocycles. The van der Waals surface area contributed by atoms with Crippen LogP contribution in [0.15, 0.2) is 54.9 Å². The number of hydrogen-bond acceptors (Lipinski definition) is 4. The predicted molar refractivity (Wildman–Crippen MR) is 85.2 cm³/mol. The minimum atomic E-state index is 0.353. The quantitative estimate of drug-likeness (QED) is 0.722. The second-order valence-electron chi connectivity index (χ2n) is 4.30. The SMILES string of the molecule is NC(=S)c1ccnc(Nc2cccc3cccnc23)c1. The van der Waals surface area contributed by atoms with Gasteiger partial charge >= 0.3 is 0 Å². The molecule has 1 aromatic carbocycles. The van der Waals surface area contributed by atoms with Gasteiger partial charge in [-0.25, -0.2) is 4.98 Å². The molecule has 98 valence electrons. The normalized spacial score (nSPS) is 10.4. The molecule has 0 amide bonds. The minimum absolute atomic E-state index is 0.353. The molecule has 0 radical (unpaired) electrons. The van der Waals surface area contributed by atoms with Gasteiger partial charge in [0.05, 0.1) is 11.2 Å². The van der Waals surface area contributed by atoms with Crippen LogP contribution < -0.4 is 11.1 Å². The van der Waals surface area contributed by atoms with Gasteiger partial charge in [0, 0.05) is 23.3 Å². The van der Waals surface area contributed by atoms with Crippen molar-refractivity contribution < 1.29 is 0 Å². The van der Waals surface area contributed by atoms with Gasteiger partial charge in [-0.15, -0.1) is 0 Å². The molecule has 0 bridgehead atoms. The van der Waals surface area contributed by atoms with E-state index in [1.807, 2.05) is 36.4 Å². The molecular weight excluding hydrogens is 268 g/mol. The van der Waals surface area contributed by atoms with Crippen molar-refractivity contribution in [2.45, 2.75) is 0 Å². The van der Waals surface area contributed by atoms with E-state index >= 15 is 0 Å². The zero-order chi connectivity index (χ0) is 13.9. The van der Waals surface area contributed by atoms with E-state index in [9.17, 15) is 0 Å². The lowest BCUT2D eigenvalue weighted by atomic mass is 10.2. The molecule has 4 nitrogen and oxygen atoms in total. The molecule has 3 rings (SSSR count). The van der Waals surface area contributed by atoms with Crippen molar-refractivity contribution in [3.8, 4) is 0 Å². The zero-order valence-electron chi connectivity index (χ0n) is 10.6. The molecule has 0 aliphatic heterocycles. The molecule has 3 aromatic rings. The van der Waals surface area contributed by atoms with E-state index in [-0.39, 0.29) is 0 Å². The third kappa shape index (κ3) is 2.44. The highest BCUT2D eigenvalue weighted by atomic mass is 32.1. The number of fused-ring (bicyclic) bond motifs is 1. The lowest BCUT2D eigenvalue weighted by Crippen LogP contribution is -2.09. The van der Waals surface area contributed by atoms with Crippen LogP contribution in [0.1, 0.15) is 5.56 Å². The maximum atomic E-state index is 5.63. The fraction of sp³-hybridized carbons (Fsp3) is 0. The van der Waals surface area contributed by atoms with Gasteiger partial charge in [0.25, 0.3) is 0 Å². The van der Waals surface area contributed by atoms with Gasteiger partial charge in [0.2, 0.25) is 0 Å². The summed E-state index contributed by atoms with van der Waals surface area (Å²) in [5.74, 6) is 0.688. The summed E-state index contributed by atoms with van der Waals surface area (Å²) in [5.41, 5.74) is 8.21. The van der Waals surface area contributed by atoms with Crippen LogP contribution in [0.2, 0.25) is 0 Å². The molecule has 20 heavy (non-hydrogen) atoms. The molecule has 0 spiro atoms. The maximum absolute atomic E-state index is 5.63. The third-order valence-corrected chi connectivity index (χ3v) is 3.18. The highest BCUT2D eigenvalue weighted by Crippen LogP contribution is 2.23. The maximum Gasteiger partial charge on any atom is 0.131 e. The number of nitrogens with two attached hydrogens (primary N) is 1. The first-order valence-electron chi connectivity index (χ1n) is 6.11. The van der Waals surface area contributed by atoms with Gasteiger partial charge in [-0.3, -0.25) is 4.98 Å². The Hall–Kier alpha value is -2.53. The molecule has 0 saturated heterocycles. The molecule has 0 fully saturated rings. The van der Waals surface area contributed by atoms with E-state index in [4.69, 9.17) is 18.0 Å². The molecule has 0 aliphatic rings. The summed E-state index contributed by atoms with van der Waals surface area (Å²) in [6, 6.07) is 13.5. The Kier molecular flexibility index (Phi) is 3.26. The number of rotatable bonds is 3. The molecular formula is C15H12N4S. The van der Waals surface area contributed by atoms with Gasteiger partial charge in [0.1, 0.15) is 10.8 Å². The van der Waals surface area contributed by atoms with Gasteiger partial charge in [-0.05, 0) is 24.3 Å². The Labute approximate surface area is 121 Å². The summed E-state index contributed by atoms with van der Waals surface area (Å²) in [4.78, 5) is 9.02. The minimum Gasteiger partial charge on any atom is -0.389 e. The largest absolute Gasteiger partial charge is 0.389 e. The highest BCUT2D eigenvalue weighted by Gasteiger charge is 2.04. The van der Waals surface area contributed by atoms with Crippen LogP contribution in [0.4, 0.5) is 11.5 Å². The lowest BCUT2D eigenvalue weighted by molar-refractivity contribution is 1.30. The monoisotopic (exact) mass is 280 g/mol. The van der Waals surface area contributed by atoms with E-state index in [0.717, 1.165) is 22.2 Å². The van der Waals surface area contributed by atoms with Gasteiger partial charge in [0.15, 0.2) is 0 Å². The Balaban J connectivity index is 2.01. The number of aromatic nitrogens is 2. The molecule has 3 N–H and O–H groups in total. The Morgan fingerprint density at radius 1 is 1.05 bits per heavy atom. The number of para-hydroxylation sites is 1. The summed E-state index contributed by atoms with van der Waals surface area (Å²) in [7, 11) is 0. The third-order valence-electron chi connectivity index (χ3n) is 2.94. The summed E-state index contributed by atoms with van der Waals surface area (Å²) in [6.07, 6.45) is 3.45.